The summed E-state index contributed by atoms with van der Waals surface area (Å²) >= 11 is 0. The Balaban J connectivity index is 1.96. The first kappa shape index (κ1) is 16.4. The molecule has 0 atom stereocenters. The highest BCUT2D eigenvalue weighted by Gasteiger charge is 2.37. The van der Waals surface area contributed by atoms with Crippen LogP contribution in [-0.4, -0.2) is 16.1 Å². The summed E-state index contributed by atoms with van der Waals surface area (Å²) in [6, 6.07) is 7.47. The summed E-state index contributed by atoms with van der Waals surface area (Å²) in [7, 11) is 0. The fraction of sp³-hybridized carbons (Fsp3) is 0.421. The Morgan fingerprint density at radius 2 is 1.75 bits per heavy atom. The monoisotopic (exact) mass is 325 g/mol. The maximum atomic E-state index is 12.3. The number of rotatable bonds is 2. The number of benzene rings is 1. The topological polar surface area (TPSA) is 74.8 Å². The first-order chi connectivity index (χ1) is 11.2. The van der Waals surface area contributed by atoms with Gasteiger partial charge in [-0.2, -0.15) is 5.10 Å². The van der Waals surface area contributed by atoms with Crippen molar-refractivity contribution in [2.75, 3.05) is 5.32 Å². The van der Waals surface area contributed by atoms with Crippen LogP contribution in [0.1, 0.15) is 62.0 Å². The van der Waals surface area contributed by atoms with E-state index in [1.54, 1.807) is 0 Å². The molecule has 24 heavy (non-hydrogen) atoms. The van der Waals surface area contributed by atoms with E-state index < -0.39 is 11.5 Å². The second kappa shape index (κ2) is 5.58. The molecule has 3 rings (SSSR count). The Hall–Kier alpha value is -2.43. The molecular formula is C19H23N3O2. The number of nitrogens with zero attached hydrogens (tertiary/aromatic N) is 1. The van der Waals surface area contributed by atoms with Crippen molar-refractivity contribution in [3.8, 4) is 0 Å². The predicted molar refractivity (Wildman–Crippen MR) is 94.5 cm³/mol. The van der Waals surface area contributed by atoms with Gasteiger partial charge in [0.2, 0.25) is 0 Å². The van der Waals surface area contributed by atoms with Gasteiger partial charge < -0.3 is 5.32 Å². The molecule has 2 N–H and O–H groups in total. The molecule has 5 heteroatoms. The van der Waals surface area contributed by atoms with E-state index in [-0.39, 0.29) is 16.4 Å². The number of anilines is 1. The fourth-order valence-electron chi connectivity index (χ4n) is 3.39. The standard InChI is InChI=1S/C19H23N3O2/c1-18(2)8-9-19(3,4)15-11-12(5-6-14(15)18)21-16(23)13-7-10-20-22-17(13)24/h5-7,10-11H,8-9H2,1-4H3,(H,21,23)(H,22,24). The number of carbonyl (C=O) groups is 1. The first-order valence-electron chi connectivity index (χ1n) is 8.21. The van der Waals surface area contributed by atoms with E-state index in [2.05, 4.69) is 49.3 Å². The van der Waals surface area contributed by atoms with Gasteiger partial charge >= 0.3 is 0 Å². The van der Waals surface area contributed by atoms with Crippen molar-refractivity contribution in [1.29, 1.82) is 0 Å². The molecule has 126 valence electrons. The van der Waals surface area contributed by atoms with Gasteiger partial charge in [-0.25, -0.2) is 5.10 Å². The molecule has 2 aromatic rings. The number of H-pyrrole nitrogens is 1. The van der Waals surface area contributed by atoms with Crippen LogP contribution in [0.25, 0.3) is 0 Å². The Morgan fingerprint density at radius 3 is 2.42 bits per heavy atom. The van der Waals surface area contributed by atoms with Crippen LogP contribution < -0.4 is 10.9 Å². The molecule has 0 aliphatic heterocycles. The summed E-state index contributed by atoms with van der Waals surface area (Å²) < 4.78 is 0. The number of amides is 1. The van der Waals surface area contributed by atoms with Gasteiger partial charge in [0, 0.05) is 11.9 Å². The third kappa shape index (κ3) is 2.86. The van der Waals surface area contributed by atoms with E-state index in [0.29, 0.717) is 5.69 Å². The predicted octanol–water partition coefficient (Wildman–Crippen LogP) is 3.37. The molecule has 1 aliphatic carbocycles. The molecule has 0 saturated heterocycles. The van der Waals surface area contributed by atoms with Crippen molar-refractivity contribution in [3.05, 3.63) is 57.5 Å². The Bertz CT molecular complexity index is 850. The Labute approximate surface area is 141 Å². The number of carbonyl (C=O) groups excluding carboxylic acids is 1. The summed E-state index contributed by atoms with van der Waals surface area (Å²) in [4.78, 5) is 24.0. The second-order valence-electron chi connectivity index (χ2n) is 7.78. The largest absolute Gasteiger partial charge is 0.322 e. The van der Waals surface area contributed by atoms with E-state index in [1.807, 2.05) is 12.1 Å². The minimum atomic E-state index is -0.491. The van der Waals surface area contributed by atoms with Crippen LogP contribution in [0.5, 0.6) is 0 Å². The van der Waals surface area contributed by atoms with Gasteiger partial charge in [-0.15, -0.1) is 0 Å². The van der Waals surface area contributed by atoms with Gasteiger partial charge in [-0.05, 0) is 53.0 Å². The summed E-state index contributed by atoms with van der Waals surface area (Å²) in [6.07, 6.45) is 3.65. The number of hydrogen-bond donors (Lipinski definition) is 2. The van der Waals surface area contributed by atoms with Crippen LogP contribution in [0.15, 0.2) is 35.3 Å². The summed E-state index contributed by atoms with van der Waals surface area (Å²) in [6.45, 7) is 8.99. The van der Waals surface area contributed by atoms with E-state index in [0.717, 1.165) is 12.8 Å². The maximum absolute atomic E-state index is 12.3. The molecule has 1 aromatic carbocycles. The summed E-state index contributed by atoms with van der Waals surface area (Å²) in [5.74, 6) is -0.425. The van der Waals surface area contributed by atoms with E-state index >= 15 is 0 Å². The normalized spacial score (nSPS) is 17.8. The number of aromatic amines is 1. The van der Waals surface area contributed by atoms with E-state index in [4.69, 9.17) is 0 Å². The van der Waals surface area contributed by atoms with Gasteiger partial charge in [0.25, 0.3) is 11.5 Å². The highest BCUT2D eigenvalue weighted by atomic mass is 16.2. The maximum Gasteiger partial charge on any atom is 0.277 e. The van der Waals surface area contributed by atoms with Crippen LogP contribution in [-0.2, 0) is 10.8 Å². The minimum Gasteiger partial charge on any atom is -0.322 e. The molecule has 0 spiro atoms. The second-order valence-corrected chi connectivity index (χ2v) is 7.78. The lowest BCUT2D eigenvalue weighted by atomic mass is 9.63. The molecule has 0 fully saturated rings. The number of aromatic nitrogens is 2. The zero-order chi connectivity index (χ0) is 17.5. The van der Waals surface area contributed by atoms with Crippen molar-refractivity contribution < 1.29 is 4.79 Å². The third-order valence-corrected chi connectivity index (χ3v) is 5.08. The van der Waals surface area contributed by atoms with Crippen molar-refractivity contribution in [3.63, 3.8) is 0 Å². The lowest BCUT2D eigenvalue weighted by Crippen LogP contribution is -2.34. The van der Waals surface area contributed by atoms with Gasteiger partial charge in [-0.3, -0.25) is 9.59 Å². The molecule has 0 radical (unpaired) electrons. The molecule has 1 heterocycles. The highest BCUT2D eigenvalue weighted by molar-refractivity contribution is 6.04. The molecule has 1 amide bonds. The van der Waals surface area contributed by atoms with Crippen LogP contribution in [0.3, 0.4) is 0 Å². The molecule has 0 saturated carbocycles. The Morgan fingerprint density at radius 1 is 1.08 bits per heavy atom. The lowest BCUT2D eigenvalue weighted by molar-refractivity contribution is 0.102. The van der Waals surface area contributed by atoms with Crippen LogP contribution in [0.2, 0.25) is 0 Å². The van der Waals surface area contributed by atoms with Gasteiger partial charge in [0.15, 0.2) is 0 Å². The number of hydrogen-bond acceptors (Lipinski definition) is 3. The number of fused-ring (bicyclic) bond motifs is 1. The van der Waals surface area contributed by atoms with Crippen molar-refractivity contribution in [2.45, 2.75) is 51.4 Å². The zero-order valence-corrected chi connectivity index (χ0v) is 14.6. The van der Waals surface area contributed by atoms with Crippen LogP contribution >= 0.6 is 0 Å². The Kier molecular flexibility index (Phi) is 3.82. The van der Waals surface area contributed by atoms with E-state index in [9.17, 15) is 9.59 Å². The molecule has 5 nitrogen and oxygen atoms in total. The molecular weight excluding hydrogens is 302 g/mol. The quantitative estimate of drug-likeness (QED) is 0.889. The molecule has 0 bridgehead atoms. The van der Waals surface area contributed by atoms with Crippen LogP contribution in [0, 0.1) is 0 Å². The third-order valence-electron chi connectivity index (χ3n) is 5.08. The van der Waals surface area contributed by atoms with Gasteiger partial charge in [-0.1, -0.05) is 33.8 Å². The van der Waals surface area contributed by atoms with Gasteiger partial charge in [0.1, 0.15) is 5.56 Å². The smallest absolute Gasteiger partial charge is 0.277 e. The van der Waals surface area contributed by atoms with E-state index in [1.165, 1.54) is 23.4 Å². The van der Waals surface area contributed by atoms with Crippen LogP contribution in [0.4, 0.5) is 5.69 Å². The molecule has 1 aliphatic rings. The van der Waals surface area contributed by atoms with Crippen molar-refractivity contribution in [2.24, 2.45) is 0 Å². The first-order valence-corrected chi connectivity index (χ1v) is 8.21. The lowest BCUT2D eigenvalue weighted by Gasteiger charge is -2.42. The number of nitrogens with one attached hydrogen (secondary N) is 2. The fourth-order valence-corrected chi connectivity index (χ4v) is 3.39. The highest BCUT2D eigenvalue weighted by Crippen LogP contribution is 2.46. The van der Waals surface area contributed by atoms with Gasteiger partial charge in [0.05, 0.1) is 0 Å². The van der Waals surface area contributed by atoms with Crippen molar-refractivity contribution >= 4 is 11.6 Å². The van der Waals surface area contributed by atoms with Crippen molar-refractivity contribution in [1.82, 2.24) is 10.2 Å². The summed E-state index contributed by atoms with van der Waals surface area (Å²) in [5.41, 5.74) is 3.08. The SMILES string of the molecule is CC1(C)CCC(C)(C)c2cc(NC(=O)c3ccn[nH]c3=O)ccc21. The molecule has 0 unspecified atom stereocenters. The zero-order valence-electron chi connectivity index (χ0n) is 14.6. The minimum absolute atomic E-state index is 0.0577. The average molecular weight is 325 g/mol. The summed E-state index contributed by atoms with van der Waals surface area (Å²) in [5, 5.41) is 8.71. The average Bonchev–Trinajstić information content (AvgIpc) is 2.52. The molecule has 1 aromatic heterocycles.